The first-order valence-electron chi connectivity index (χ1n) is 7.14. The zero-order chi connectivity index (χ0) is 13.9. The van der Waals surface area contributed by atoms with E-state index in [1.165, 1.54) is 12.8 Å². The molecule has 1 unspecified atom stereocenters. The zero-order valence-corrected chi connectivity index (χ0v) is 12.0. The summed E-state index contributed by atoms with van der Waals surface area (Å²) in [5.74, 6) is 0.647. The number of hydrogen-bond donors (Lipinski definition) is 1. The first-order chi connectivity index (χ1) is 9.80. The van der Waals surface area contributed by atoms with E-state index in [0.29, 0.717) is 24.0 Å². The average molecular weight is 279 g/mol. The Kier molecular flexibility index (Phi) is 3.86. The van der Waals surface area contributed by atoms with Crippen molar-refractivity contribution in [2.24, 2.45) is 0 Å². The molecular weight excluding hydrogens is 258 g/mol. The van der Waals surface area contributed by atoms with Gasteiger partial charge in [0.05, 0.1) is 14.2 Å². The van der Waals surface area contributed by atoms with E-state index in [9.17, 15) is 0 Å². The number of ether oxygens (including phenoxy) is 2. The van der Waals surface area contributed by atoms with Crippen LogP contribution in [-0.2, 0) is 0 Å². The van der Waals surface area contributed by atoms with Crippen LogP contribution < -0.4 is 19.7 Å². The van der Waals surface area contributed by atoms with E-state index in [1.807, 2.05) is 0 Å². The molecule has 110 valence electrons. The van der Waals surface area contributed by atoms with Crippen LogP contribution in [0.3, 0.4) is 0 Å². The minimum atomic E-state index is 0.299. The van der Waals surface area contributed by atoms with Gasteiger partial charge in [0, 0.05) is 25.2 Å². The van der Waals surface area contributed by atoms with Crippen molar-refractivity contribution in [1.82, 2.24) is 20.3 Å². The minimum absolute atomic E-state index is 0.299. The Balaban J connectivity index is 1.75. The maximum absolute atomic E-state index is 5.12. The van der Waals surface area contributed by atoms with Crippen LogP contribution in [-0.4, -0.2) is 54.3 Å². The van der Waals surface area contributed by atoms with Crippen molar-refractivity contribution in [3.05, 3.63) is 0 Å². The molecule has 20 heavy (non-hydrogen) atoms. The van der Waals surface area contributed by atoms with Gasteiger partial charge >= 0.3 is 12.0 Å². The molecule has 0 spiro atoms. The van der Waals surface area contributed by atoms with Crippen molar-refractivity contribution in [2.45, 2.75) is 37.8 Å². The van der Waals surface area contributed by atoms with Gasteiger partial charge in [0.25, 0.3) is 0 Å². The first kappa shape index (κ1) is 13.4. The predicted molar refractivity (Wildman–Crippen MR) is 74.3 cm³/mol. The molecule has 1 aliphatic heterocycles. The topological polar surface area (TPSA) is 72.4 Å². The highest BCUT2D eigenvalue weighted by atomic mass is 16.5. The van der Waals surface area contributed by atoms with Gasteiger partial charge in [0.1, 0.15) is 0 Å². The molecule has 2 fully saturated rings. The van der Waals surface area contributed by atoms with E-state index in [-0.39, 0.29) is 0 Å². The van der Waals surface area contributed by atoms with Crippen LogP contribution in [0, 0.1) is 0 Å². The standard InChI is InChI=1S/C13H21N5O2/c1-19-12-15-11(16-13(17-12)20-2)18-7-3-4-10(18)8-14-9-5-6-9/h9-10,14H,3-8H2,1-2H3. The molecule has 7 nitrogen and oxygen atoms in total. The summed E-state index contributed by atoms with van der Waals surface area (Å²) in [5, 5.41) is 3.58. The van der Waals surface area contributed by atoms with E-state index >= 15 is 0 Å². The molecule has 1 aliphatic carbocycles. The summed E-state index contributed by atoms with van der Waals surface area (Å²) in [4.78, 5) is 15.0. The van der Waals surface area contributed by atoms with Crippen molar-refractivity contribution >= 4 is 5.95 Å². The molecule has 3 rings (SSSR count). The minimum Gasteiger partial charge on any atom is -0.467 e. The molecule has 1 aromatic heterocycles. The fourth-order valence-corrected chi connectivity index (χ4v) is 2.54. The van der Waals surface area contributed by atoms with Gasteiger partial charge in [-0.1, -0.05) is 0 Å². The van der Waals surface area contributed by atoms with Crippen LogP contribution in [0.15, 0.2) is 0 Å². The van der Waals surface area contributed by atoms with Crippen molar-refractivity contribution in [1.29, 1.82) is 0 Å². The quantitative estimate of drug-likeness (QED) is 0.818. The maximum Gasteiger partial charge on any atom is 0.324 e. The van der Waals surface area contributed by atoms with Crippen LogP contribution >= 0.6 is 0 Å². The summed E-state index contributed by atoms with van der Waals surface area (Å²) in [6.07, 6.45) is 4.93. The molecule has 7 heteroatoms. The first-order valence-corrected chi connectivity index (χ1v) is 7.14. The monoisotopic (exact) mass is 279 g/mol. The second-order valence-corrected chi connectivity index (χ2v) is 5.28. The van der Waals surface area contributed by atoms with Crippen molar-refractivity contribution in [3.8, 4) is 12.0 Å². The van der Waals surface area contributed by atoms with Gasteiger partial charge < -0.3 is 19.7 Å². The van der Waals surface area contributed by atoms with E-state index in [2.05, 4.69) is 25.2 Å². The Morgan fingerprint density at radius 3 is 2.40 bits per heavy atom. The molecule has 1 N–H and O–H groups in total. The van der Waals surface area contributed by atoms with Gasteiger partial charge in [-0.05, 0) is 25.7 Å². The summed E-state index contributed by atoms with van der Waals surface area (Å²) in [6, 6.07) is 1.76. The molecule has 0 bridgehead atoms. The maximum atomic E-state index is 5.12. The van der Waals surface area contributed by atoms with Gasteiger partial charge in [0.2, 0.25) is 5.95 Å². The van der Waals surface area contributed by atoms with Gasteiger partial charge in [-0.3, -0.25) is 0 Å². The normalized spacial score (nSPS) is 22.1. The summed E-state index contributed by atoms with van der Waals surface area (Å²) >= 11 is 0. The Labute approximate surface area is 118 Å². The number of nitrogens with zero attached hydrogens (tertiary/aromatic N) is 4. The average Bonchev–Trinajstić information content (AvgIpc) is 3.20. The molecule has 1 atom stereocenters. The van der Waals surface area contributed by atoms with Gasteiger partial charge in [-0.2, -0.15) is 9.97 Å². The summed E-state index contributed by atoms with van der Waals surface area (Å²) in [7, 11) is 3.10. The summed E-state index contributed by atoms with van der Waals surface area (Å²) < 4.78 is 10.2. The molecule has 1 saturated carbocycles. The van der Waals surface area contributed by atoms with E-state index in [4.69, 9.17) is 9.47 Å². The van der Waals surface area contributed by atoms with Crippen molar-refractivity contribution < 1.29 is 9.47 Å². The highest BCUT2D eigenvalue weighted by Gasteiger charge is 2.30. The van der Waals surface area contributed by atoms with Gasteiger partial charge in [-0.25, -0.2) is 0 Å². The second-order valence-electron chi connectivity index (χ2n) is 5.28. The molecule has 2 heterocycles. The summed E-state index contributed by atoms with van der Waals surface area (Å²) in [6.45, 7) is 1.95. The Bertz CT molecular complexity index is 444. The lowest BCUT2D eigenvalue weighted by molar-refractivity contribution is 0.339. The van der Waals surface area contributed by atoms with E-state index < -0.39 is 0 Å². The fraction of sp³-hybridized carbons (Fsp3) is 0.769. The number of nitrogens with one attached hydrogen (secondary N) is 1. The Hall–Kier alpha value is -1.63. The zero-order valence-electron chi connectivity index (χ0n) is 12.0. The van der Waals surface area contributed by atoms with E-state index in [1.54, 1.807) is 14.2 Å². The van der Waals surface area contributed by atoms with Crippen LogP contribution in [0.5, 0.6) is 12.0 Å². The Morgan fingerprint density at radius 1 is 1.10 bits per heavy atom. The fourth-order valence-electron chi connectivity index (χ4n) is 2.54. The number of methoxy groups -OCH3 is 2. The molecule has 1 aromatic rings. The second kappa shape index (κ2) is 5.78. The highest BCUT2D eigenvalue weighted by molar-refractivity contribution is 5.35. The van der Waals surface area contributed by atoms with Crippen molar-refractivity contribution in [3.63, 3.8) is 0 Å². The Morgan fingerprint density at radius 2 is 1.80 bits per heavy atom. The van der Waals surface area contributed by atoms with Crippen LogP contribution in [0.2, 0.25) is 0 Å². The SMILES string of the molecule is COc1nc(OC)nc(N2CCCC2CNC2CC2)n1. The van der Waals surface area contributed by atoms with Crippen LogP contribution in [0.25, 0.3) is 0 Å². The molecule has 1 saturated heterocycles. The molecule has 2 aliphatic rings. The highest BCUT2D eigenvalue weighted by Crippen LogP contribution is 2.26. The summed E-state index contributed by atoms with van der Waals surface area (Å²) in [5.41, 5.74) is 0. The van der Waals surface area contributed by atoms with E-state index in [0.717, 1.165) is 32.0 Å². The lowest BCUT2D eigenvalue weighted by Crippen LogP contribution is -2.39. The molecule has 0 amide bonds. The largest absolute Gasteiger partial charge is 0.467 e. The van der Waals surface area contributed by atoms with Crippen LogP contribution in [0.1, 0.15) is 25.7 Å². The van der Waals surface area contributed by atoms with Crippen LogP contribution in [0.4, 0.5) is 5.95 Å². The lowest BCUT2D eigenvalue weighted by atomic mass is 10.2. The lowest BCUT2D eigenvalue weighted by Gasteiger charge is -2.25. The van der Waals surface area contributed by atoms with Gasteiger partial charge in [0.15, 0.2) is 0 Å². The number of hydrogen-bond acceptors (Lipinski definition) is 7. The third-order valence-electron chi connectivity index (χ3n) is 3.80. The third kappa shape index (κ3) is 2.92. The third-order valence-corrected chi connectivity index (χ3v) is 3.80. The number of rotatable bonds is 6. The smallest absolute Gasteiger partial charge is 0.324 e. The van der Waals surface area contributed by atoms with Gasteiger partial charge in [-0.15, -0.1) is 4.98 Å². The molecular formula is C13H21N5O2. The molecule has 0 radical (unpaired) electrons. The molecule has 0 aromatic carbocycles. The predicted octanol–water partition coefficient (Wildman–Crippen LogP) is 0.610. The number of aromatic nitrogens is 3. The van der Waals surface area contributed by atoms with Crippen molar-refractivity contribution in [2.75, 3.05) is 32.2 Å². The number of anilines is 1.